The van der Waals surface area contributed by atoms with Crippen molar-refractivity contribution in [2.45, 2.75) is 19.4 Å². The maximum atomic E-state index is 14.3. The topological polar surface area (TPSA) is 136 Å². The number of fused-ring (bicyclic) bond motifs is 1. The lowest BCUT2D eigenvalue weighted by Gasteiger charge is -2.12. The molecule has 12 nitrogen and oxygen atoms in total. The van der Waals surface area contributed by atoms with Gasteiger partial charge in [0.2, 0.25) is 17.7 Å². The number of amides is 1. The first-order valence-electron chi connectivity index (χ1n) is 16.6. The monoisotopic (exact) mass is 699 g/mol. The van der Waals surface area contributed by atoms with Crippen LogP contribution in [0.3, 0.4) is 0 Å². The van der Waals surface area contributed by atoms with E-state index in [1.54, 1.807) is 43.6 Å². The smallest absolute Gasteiger partial charge is 0.255 e. The lowest BCUT2D eigenvalue weighted by atomic mass is 10.0. The van der Waals surface area contributed by atoms with Crippen molar-refractivity contribution in [3.8, 4) is 39.8 Å². The predicted octanol–water partition coefficient (Wildman–Crippen LogP) is 7.39. The molecule has 5 heterocycles. The van der Waals surface area contributed by atoms with Gasteiger partial charge in [-0.3, -0.25) is 14.1 Å². The second kappa shape index (κ2) is 14.0. The van der Waals surface area contributed by atoms with E-state index >= 15 is 0 Å². The number of hydrogen-bond acceptors (Lipinski definition) is 10. The summed E-state index contributed by atoms with van der Waals surface area (Å²) in [6.45, 7) is 2.69. The number of imidazole rings is 1. The molecule has 1 amide bonds. The first-order valence-corrected chi connectivity index (χ1v) is 16.6. The summed E-state index contributed by atoms with van der Waals surface area (Å²) in [5.41, 5.74) is 3.95. The summed E-state index contributed by atoms with van der Waals surface area (Å²) in [5, 5.41) is 14.1. The van der Waals surface area contributed by atoms with Crippen LogP contribution in [0.2, 0.25) is 0 Å². The summed E-state index contributed by atoms with van der Waals surface area (Å²) in [5.74, 6) is -0.629. The molecule has 260 valence electrons. The number of nitrogens with one attached hydrogen (secondary N) is 2. The second-order valence-electron chi connectivity index (χ2n) is 12.2. The lowest BCUT2D eigenvalue weighted by molar-refractivity contribution is 0.102. The number of aromatic nitrogens is 6. The Bertz CT molecular complexity index is 2400. The number of carbonyl (C=O) groups is 1. The first kappa shape index (κ1) is 32.7. The van der Waals surface area contributed by atoms with Crippen molar-refractivity contribution in [1.29, 1.82) is 0 Å². The molecule has 1 saturated heterocycles. The first-order chi connectivity index (χ1) is 25.4. The SMILES string of the molecule is COc1cc(-c2nnc(CN3CCCC3)o2)ccc1Nc1nccc(-c2c(-c3cccc(C(=O)Nc4c(F)cccc4F)c3)nc3ccccn23)n1. The van der Waals surface area contributed by atoms with Gasteiger partial charge in [-0.15, -0.1) is 10.2 Å². The maximum absolute atomic E-state index is 14.3. The molecule has 0 atom stereocenters. The Morgan fingerprint density at radius 3 is 2.56 bits per heavy atom. The highest BCUT2D eigenvalue weighted by Crippen LogP contribution is 2.35. The van der Waals surface area contributed by atoms with Crippen LogP contribution in [-0.2, 0) is 6.54 Å². The second-order valence-corrected chi connectivity index (χ2v) is 12.2. The summed E-state index contributed by atoms with van der Waals surface area (Å²) in [6.07, 6.45) is 5.85. The van der Waals surface area contributed by atoms with Crippen molar-refractivity contribution in [1.82, 2.24) is 34.4 Å². The zero-order chi connectivity index (χ0) is 35.6. The Morgan fingerprint density at radius 2 is 1.73 bits per heavy atom. The standard InChI is InChI=1S/C38H31F2N9O3/c1-51-30-21-25(37-47-46-32(52-37)22-48-17-4-5-18-48)13-14-28(30)42-38-41-16-15-29(43-38)35-33(44-31-12-2-3-19-49(31)35)23-8-6-9-24(20-23)36(50)45-34-26(39)10-7-11-27(34)40/h2-3,6-16,19-21H,4-5,17-18,22H2,1H3,(H,45,50)(H,41,42,43). The Hall–Kier alpha value is -6.54. The van der Waals surface area contributed by atoms with Gasteiger partial charge in [-0.1, -0.05) is 24.3 Å². The minimum Gasteiger partial charge on any atom is -0.495 e. The number of ether oxygens (including phenoxy) is 1. The van der Waals surface area contributed by atoms with E-state index in [1.165, 1.54) is 18.9 Å². The van der Waals surface area contributed by atoms with Crippen molar-refractivity contribution >= 4 is 28.9 Å². The molecule has 1 aliphatic rings. The molecule has 1 fully saturated rings. The minimum absolute atomic E-state index is 0.187. The van der Waals surface area contributed by atoms with Gasteiger partial charge in [0.05, 0.1) is 36.4 Å². The van der Waals surface area contributed by atoms with Crippen LogP contribution in [-0.4, -0.2) is 60.6 Å². The number of halogens is 2. The molecule has 0 unspecified atom stereocenters. The quantitative estimate of drug-likeness (QED) is 0.149. The highest BCUT2D eigenvalue weighted by Gasteiger charge is 2.21. The summed E-state index contributed by atoms with van der Waals surface area (Å²) in [6, 6.07) is 22.9. The van der Waals surface area contributed by atoms with Crippen molar-refractivity contribution in [2.24, 2.45) is 0 Å². The lowest BCUT2D eigenvalue weighted by Crippen LogP contribution is -2.18. The summed E-state index contributed by atoms with van der Waals surface area (Å²) < 4.78 is 42.1. The van der Waals surface area contributed by atoms with E-state index in [4.69, 9.17) is 19.1 Å². The van der Waals surface area contributed by atoms with E-state index in [2.05, 4.69) is 30.7 Å². The third-order valence-corrected chi connectivity index (χ3v) is 8.75. The fourth-order valence-electron chi connectivity index (χ4n) is 6.22. The van der Waals surface area contributed by atoms with E-state index in [0.29, 0.717) is 69.6 Å². The Balaban J connectivity index is 1.08. The molecule has 0 bridgehead atoms. The summed E-state index contributed by atoms with van der Waals surface area (Å²) in [4.78, 5) is 29.6. The predicted molar refractivity (Wildman–Crippen MR) is 190 cm³/mol. The molecule has 14 heteroatoms. The molecule has 0 saturated carbocycles. The molecule has 3 aromatic carbocycles. The van der Waals surface area contributed by atoms with Crippen molar-refractivity contribution in [3.05, 3.63) is 120 Å². The van der Waals surface area contributed by atoms with Gasteiger partial charge in [0.15, 0.2) is 0 Å². The Morgan fingerprint density at radius 1 is 0.904 bits per heavy atom. The third kappa shape index (κ3) is 6.54. The zero-order valence-electron chi connectivity index (χ0n) is 27.9. The van der Waals surface area contributed by atoms with Gasteiger partial charge >= 0.3 is 0 Å². The van der Waals surface area contributed by atoms with Crippen molar-refractivity contribution < 1.29 is 22.7 Å². The van der Waals surface area contributed by atoms with Crippen molar-refractivity contribution in [2.75, 3.05) is 30.8 Å². The average Bonchev–Trinajstić information content (AvgIpc) is 3.95. The number of likely N-dealkylation sites (tertiary alicyclic amines) is 1. The molecule has 0 radical (unpaired) electrons. The van der Waals surface area contributed by atoms with Gasteiger partial charge in [0.25, 0.3) is 5.91 Å². The number of methoxy groups -OCH3 is 1. The van der Waals surface area contributed by atoms with Crippen LogP contribution >= 0.6 is 0 Å². The molecule has 1 aliphatic heterocycles. The van der Waals surface area contributed by atoms with E-state index in [-0.39, 0.29) is 5.56 Å². The Labute approximate surface area is 296 Å². The fraction of sp³-hybridized carbons (Fsp3) is 0.158. The highest BCUT2D eigenvalue weighted by molar-refractivity contribution is 6.05. The van der Waals surface area contributed by atoms with E-state index in [0.717, 1.165) is 25.2 Å². The van der Waals surface area contributed by atoms with Gasteiger partial charge in [-0.25, -0.2) is 23.7 Å². The van der Waals surface area contributed by atoms with Gasteiger partial charge in [-0.2, -0.15) is 0 Å². The number of hydrogen-bond donors (Lipinski definition) is 2. The van der Waals surface area contributed by atoms with E-state index < -0.39 is 23.2 Å². The van der Waals surface area contributed by atoms with Gasteiger partial charge in [-0.05, 0) is 86.6 Å². The molecule has 52 heavy (non-hydrogen) atoms. The van der Waals surface area contributed by atoms with Crippen LogP contribution in [0.25, 0.3) is 39.7 Å². The van der Waals surface area contributed by atoms with Gasteiger partial charge in [0, 0.05) is 29.1 Å². The number of anilines is 3. The fourth-order valence-corrected chi connectivity index (χ4v) is 6.22. The average molecular weight is 700 g/mol. The number of para-hydroxylation sites is 1. The number of nitrogens with zero attached hydrogens (tertiary/aromatic N) is 7. The summed E-state index contributed by atoms with van der Waals surface area (Å²) in [7, 11) is 1.57. The van der Waals surface area contributed by atoms with Crippen LogP contribution in [0.1, 0.15) is 29.1 Å². The zero-order valence-corrected chi connectivity index (χ0v) is 27.9. The number of benzene rings is 3. The molecule has 0 aliphatic carbocycles. The van der Waals surface area contributed by atoms with Gasteiger partial charge in [0.1, 0.15) is 28.7 Å². The molecular formula is C38H31F2N9O3. The molecule has 4 aromatic heterocycles. The molecule has 0 spiro atoms. The van der Waals surface area contributed by atoms with Crippen molar-refractivity contribution in [3.63, 3.8) is 0 Å². The summed E-state index contributed by atoms with van der Waals surface area (Å²) >= 11 is 0. The van der Waals surface area contributed by atoms with E-state index in [9.17, 15) is 13.6 Å². The molecule has 8 rings (SSSR count). The molecule has 2 N–H and O–H groups in total. The van der Waals surface area contributed by atoms with Gasteiger partial charge < -0.3 is 19.8 Å². The molecular weight excluding hydrogens is 668 g/mol. The third-order valence-electron chi connectivity index (χ3n) is 8.75. The molecule has 7 aromatic rings. The van der Waals surface area contributed by atoms with Crippen LogP contribution in [0.4, 0.5) is 26.1 Å². The van der Waals surface area contributed by atoms with Crippen LogP contribution in [0, 0.1) is 11.6 Å². The van der Waals surface area contributed by atoms with Crippen LogP contribution in [0.5, 0.6) is 5.75 Å². The largest absolute Gasteiger partial charge is 0.495 e. The number of rotatable bonds is 10. The Kier molecular flexibility index (Phi) is 8.79. The normalized spacial score (nSPS) is 13.1. The maximum Gasteiger partial charge on any atom is 0.255 e. The number of carbonyl (C=O) groups excluding carboxylic acids is 1. The van der Waals surface area contributed by atoms with Crippen LogP contribution < -0.4 is 15.4 Å². The number of pyridine rings is 1. The van der Waals surface area contributed by atoms with E-state index in [1.807, 2.05) is 47.0 Å². The highest BCUT2D eigenvalue weighted by atomic mass is 19.1. The minimum atomic E-state index is -0.873. The van der Waals surface area contributed by atoms with Crippen LogP contribution in [0.15, 0.2) is 102 Å².